The Morgan fingerprint density at radius 3 is 2.70 bits per heavy atom. The molecule has 0 spiro atoms. The van der Waals surface area contributed by atoms with Gasteiger partial charge in [0.2, 0.25) is 5.95 Å². The lowest BCUT2D eigenvalue weighted by molar-refractivity contribution is -0.139. The second kappa shape index (κ2) is 5.28. The largest absolute Gasteiger partial charge is 0.469 e. The summed E-state index contributed by atoms with van der Waals surface area (Å²) in [4.78, 5) is 29.8. The van der Waals surface area contributed by atoms with Gasteiger partial charge in [0.15, 0.2) is 0 Å². The summed E-state index contributed by atoms with van der Waals surface area (Å²) < 4.78 is 6.20. The molecule has 0 aliphatic heterocycles. The predicted molar refractivity (Wildman–Crippen MR) is 71.9 cm³/mol. The zero-order valence-corrected chi connectivity index (χ0v) is 11.9. The molecule has 7 heteroatoms. The van der Waals surface area contributed by atoms with Crippen LogP contribution in [-0.4, -0.2) is 32.8 Å². The molecule has 0 fully saturated rings. The van der Waals surface area contributed by atoms with Gasteiger partial charge in [0.25, 0.3) is 5.56 Å². The summed E-state index contributed by atoms with van der Waals surface area (Å²) in [6.07, 6.45) is 0.143. The van der Waals surface area contributed by atoms with Crippen molar-refractivity contribution in [3.8, 4) is 5.95 Å². The molecule has 0 amide bonds. The highest BCUT2D eigenvalue weighted by atomic mass is 16.5. The Balaban J connectivity index is 2.51. The first-order valence-corrected chi connectivity index (χ1v) is 6.12. The lowest BCUT2D eigenvalue weighted by Crippen LogP contribution is -2.15. The van der Waals surface area contributed by atoms with E-state index in [1.807, 2.05) is 6.92 Å². The minimum absolute atomic E-state index is 0.143. The maximum atomic E-state index is 11.5. The molecular formula is C13H16N4O3. The first-order valence-electron chi connectivity index (χ1n) is 6.12. The van der Waals surface area contributed by atoms with Crippen molar-refractivity contribution in [3.63, 3.8) is 0 Å². The minimum atomic E-state index is -0.332. The van der Waals surface area contributed by atoms with Crippen LogP contribution in [0.15, 0.2) is 10.9 Å². The van der Waals surface area contributed by atoms with E-state index >= 15 is 0 Å². The van der Waals surface area contributed by atoms with Crippen molar-refractivity contribution < 1.29 is 9.53 Å². The zero-order chi connectivity index (χ0) is 14.9. The van der Waals surface area contributed by atoms with E-state index in [4.69, 9.17) is 0 Å². The SMILES string of the molecule is COC(=O)Cc1c(C)nn(-c2nc(C)cc(=O)[nH]2)c1C. The second-order valence-corrected chi connectivity index (χ2v) is 4.52. The van der Waals surface area contributed by atoms with Crippen LogP contribution in [0.1, 0.15) is 22.6 Å². The molecule has 2 aromatic rings. The number of H-pyrrole nitrogens is 1. The van der Waals surface area contributed by atoms with E-state index in [9.17, 15) is 9.59 Å². The molecule has 0 aromatic carbocycles. The summed E-state index contributed by atoms with van der Waals surface area (Å²) in [5.41, 5.74) is 2.60. The topological polar surface area (TPSA) is 89.9 Å². The lowest BCUT2D eigenvalue weighted by atomic mass is 10.1. The Bertz CT molecular complexity index is 715. The summed E-state index contributed by atoms with van der Waals surface area (Å²) in [5, 5.41) is 4.33. The first kappa shape index (κ1) is 14.0. The Labute approximate surface area is 115 Å². The molecule has 2 heterocycles. The molecule has 0 aliphatic rings. The summed E-state index contributed by atoms with van der Waals surface area (Å²) in [6.45, 7) is 5.36. The average molecular weight is 276 g/mol. The minimum Gasteiger partial charge on any atom is -0.469 e. The standard InChI is InChI=1S/C13H16N4O3/c1-7-5-11(18)15-13(14-7)17-9(3)10(8(2)16-17)6-12(19)20-4/h5H,6H2,1-4H3,(H,14,15,18). The van der Waals surface area contributed by atoms with Gasteiger partial charge >= 0.3 is 5.97 Å². The Kier molecular flexibility index (Phi) is 3.69. The number of hydrogen-bond donors (Lipinski definition) is 1. The number of aryl methyl sites for hydroxylation is 2. The molecule has 0 radical (unpaired) electrons. The van der Waals surface area contributed by atoms with Crippen LogP contribution in [0.2, 0.25) is 0 Å². The van der Waals surface area contributed by atoms with Crippen molar-refractivity contribution in [2.75, 3.05) is 7.11 Å². The van der Waals surface area contributed by atoms with E-state index in [1.165, 1.54) is 17.9 Å². The fraction of sp³-hybridized carbons (Fsp3) is 0.385. The fourth-order valence-corrected chi connectivity index (χ4v) is 2.02. The summed E-state index contributed by atoms with van der Waals surface area (Å²) in [7, 11) is 1.34. The highest BCUT2D eigenvalue weighted by Gasteiger charge is 2.17. The predicted octanol–water partition coefficient (Wildman–Crippen LogP) is 0.596. The highest BCUT2D eigenvalue weighted by molar-refractivity contribution is 5.73. The van der Waals surface area contributed by atoms with Crippen LogP contribution in [0.25, 0.3) is 5.95 Å². The quantitative estimate of drug-likeness (QED) is 0.829. The Hall–Kier alpha value is -2.44. The van der Waals surface area contributed by atoms with Crippen molar-refractivity contribution in [3.05, 3.63) is 39.1 Å². The number of carbonyl (C=O) groups excluding carboxylic acids is 1. The van der Waals surface area contributed by atoms with Gasteiger partial charge < -0.3 is 4.74 Å². The third-order valence-corrected chi connectivity index (χ3v) is 3.05. The van der Waals surface area contributed by atoms with Crippen LogP contribution in [0, 0.1) is 20.8 Å². The van der Waals surface area contributed by atoms with E-state index in [0.717, 1.165) is 11.3 Å². The molecule has 0 atom stereocenters. The van der Waals surface area contributed by atoms with Gasteiger partial charge in [-0.25, -0.2) is 9.67 Å². The first-order chi connectivity index (χ1) is 9.42. The third kappa shape index (κ3) is 2.61. The molecule has 0 unspecified atom stereocenters. The third-order valence-electron chi connectivity index (χ3n) is 3.05. The number of rotatable bonds is 3. The van der Waals surface area contributed by atoms with Crippen molar-refractivity contribution in [2.45, 2.75) is 27.2 Å². The number of esters is 1. The summed E-state index contributed by atoms with van der Waals surface area (Å²) >= 11 is 0. The summed E-state index contributed by atoms with van der Waals surface area (Å²) in [5.74, 6) is 0.00756. The molecule has 0 aliphatic carbocycles. The maximum Gasteiger partial charge on any atom is 0.310 e. The van der Waals surface area contributed by atoms with Crippen molar-refractivity contribution in [2.24, 2.45) is 0 Å². The molecule has 0 saturated carbocycles. The van der Waals surface area contributed by atoms with E-state index < -0.39 is 0 Å². The van der Waals surface area contributed by atoms with Crippen LogP contribution in [0.3, 0.4) is 0 Å². The van der Waals surface area contributed by atoms with Gasteiger partial charge in [-0.2, -0.15) is 5.10 Å². The van der Waals surface area contributed by atoms with Gasteiger partial charge in [-0.3, -0.25) is 14.6 Å². The van der Waals surface area contributed by atoms with Gasteiger partial charge in [-0.15, -0.1) is 0 Å². The smallest absolute Gasteiger partial charge is 0.310 e. The molecule has 2 rings (SSSR count). The number of aromatic nitrogens is 4. The van der Waals surface area contributed by atoms with Crippen LogP contribution in [0.5, 0.6) is 0 Å². The Morgan fingerprint density at radius 2 is 2.10 bits per heavy atom. The van der Waals surface area contributed by atoms with E-state index in [1.54, 1.807) is 13.8 Å². The number of nitrogens with one attached hydrogen (secondary N) is 1. The highest BCUT2D eigenvalue weighted by Crippen LogP contribution is 2.16. The normalized spacial score (nSPS) is 10.6. The lowest BCUT2D eigenvalue weighted by Gasteiger charge is -2.04. The second-order valence-electron chi connectivity index (χ2n) is 4.52. The van der Waals surface area contributed by atoms with Gasteiger partial charge in [0, 0.05) is 23.0 Å². The molecule has 0 bridgehead atoms. The van der Waals surface area contributed by atoms with Crippen LogP contribution >= 0.6 is 0 Å². The zero-order valence-electron chi connectivity index (χ0n) is 11.9. The van der Waals surface area contributed by atoms with Gasteiger partial charge in [0.05, 0.1) is 19.2 Å². The molecule has 2 aromatic heterocycles. The molecule has 106 valence electrons. The molecule has 20 heavy (non-hydrogen) atoms. The van der Waals surface area contributed by atoms with E-state index in [-0.39, 0.29) is 17.9 Å². The molecular weight excluding hydrogens is 260 g/mol. The molecule has 0 saturated heterocycles. The molecule has 7 nitrogen and oxygen atoms in total. The number of hydrogen-bond acceptors (Lipinski definition) is 5. The van der Waals surface area contributed by atoms with E-state index in [0.29, 0.717) is 17.3 Å². The van der Waals surface area contributed by atoms with Crippen molar-refractivity contribution >= 4 is 5.97 Å². The fourth-order valence-electron chi connectivity index (χ4n) is 2.02. The van der Waals surface area contributed by atoms with Gasteiger partial charge in [-0.05, 0) is 20.8 Å². The monoisotopic (exact) mass is 276 g/mol. The van der Waals surface area contributed by atoms with Crippen LogP contribution in [0.4, 0.5) is 0 Å². The number of carbonyl (C=O) groups is 1. The van der Waals surface area contributed by atoms with Crippen molar-refractivity contribution in [1.82, 2.24) is 19.7 Å². The number of methoxy groups -OCH3 is 1. The maximum absolute atomic E-state index is 11.5. The van der Waals surface area contributed by atoms with Gasteiger partial charge in [0.1, 0.15) is 0 Å². The van der Waals surface area contributed by atoms with E-state index in [2.05, 4.69) is 19.8 Å². The number of aromatic amines is 1. The van der Waals surface area contributed by atoms with Crippen LogP contribution in [-0.2, 0) is 16.0 Å². The average Bonchev–Trinajstić information content (AvgIpc) is 2.65. The Morgan fingerprint density at radius 1 is 1.40 bits per heavy atom. The molecule has 1 N–H and O–H groups in total. The van der Waals surface area contributed by atoms with Crippen LogP contribution < -0.4 is 5.56 Å². The summed E-state index contributed by atoms with van der Waals surface area (Å²) in [6, 6.07) is 1.41. The van der Waals surface area contributed by atoms with Gasteiger partial charge in [-0.1, -0.05) is 0 Å². The number of nitrogens with zero attached hydrogens (tertiary/aromatic N) is 3. The van der Waals surface area contributed by atoms with Crippen molar-refractivity contribution in [1.29, 1.82) is 0 Å². The number of ether oxygens (including phenoxy) is 1.